The second-order valence-electron chi connectivity index (χ2n) is 9.80. The SMILES string of the molecule is CC(=O)NS(=O)(=O)c1ccc(NC(=O)C(C)Sc2nc3c(cc2C#N)CC(C(C)(C)C)CC3)cc1. The summed E-state index contributed by atoms with van der Waals surface area (Å²) in [4.78, 5) is 28.5. The van der Waals surface area contributed by atoms with Crippen LogP contribution < -0.4 is 10.0 Å². The Kier molecular flexibility index (Phi) is 7.92. The van der Waals surface area contributed by atoms with Crippen molar-refractivity contribution in [3.8, 4) is 6.07 Å². The highest BCUT2D eigenvalue weighted by atomic mass is 32.2. The van der Waals surface area contributed by atoms with E-state index in [1.165, 1.54) is 36.0 Å². The highest BCUT2D eigenvalue weighted by Crippen LogP contribution is 2.38. The zero-order chi connectivity index (χ0) is 26.0. The van der Waals surface area contributed by atoms with Crippen LogP contribution in [-0.2, 0) is 32.5 Å². The number of anilines is 1. The molecule has 2 N–H and O–H groups in total. The van der Waals surface area contributed by atoms with E-state index in [-0.39, 0.29) is 16.2 Å². The molecule has 3 rings (SSSR count). The van der Waals surface area contributed by atoms with Crippen LogP contribution in [0.4, 0.5) is 5.69 Å². The van der Waals surface area contributed by atoms with Crippen LogP contribution >= 0.6 is 11.8 Å². The van der Waals surface area contributed by atoms with Crippen LogP contribution in [-0.4, -0.2) is 30.5 Å². The summed E-state index contributed by atoms with van der Waals surface area (Å²) >= 11 is 1.23. The lowest BCUT2D eigenvalue weighted by Gasteiger charge is -2.34. The van der Waals surface area contributed by atoms with E-state index in [9.17, 15) is 23.3 Å². The van der Waals surface area contributed by atoms with E-state index in [1.54, 1.807) is 6.92 Å². The second-order valence-corrected chi connectivity index (χ2v) is 12.8. The van der Waals surface area contributed by atoms with Gasteiger partial charge >= 0.3 is 0 Å². The van der Waals surface area contributed by atoms with E-state index in [2.05, 4.69) is 32.2 Å². The number of sulfonamides is 1. The Morgan fingerprint density at radius 3 is 2.46 bits per heavy atom. The van der Waals surface area contributed by atoms with Crippen molar-refractivity contribution in [3.05, 3.63) is 47.2 Å². The Hall–Kier alpha value is -2.90. The predicted octanol–water partition coefficient (Wildman–Crippen LogP) is 4.05. The number of rotatable bonds is 6. The first-order chi connectivity index (χ1) is 16.3. The lowest BCUT2D eigenvalue weighted by molar-refractivity contribution is -0.117. The molecule has 0 radical (unpaired) electrons. The normalized spacial score (nSPS) is 16.5. The molecule has 0 aliphatic heterocycles. The number of nitrogens with one attached hydrogen (secondary N) is 2. The van der Waals surface area contributed by atoms with Crippen molar-refractivity contribution in [1.82, 2.24) is 9.71 Å². The number of benzene rings is 1. The molecule has 35 heavy (non-hydrogen) atoms. The Morgan fingerprint density at radius 2 is 1.89 bits per heavy atom. The molecule has 0 saturated carbocycles. The molecule has 1 aromatic carbocycles. The van der Waals surface area contributed by atoms with Gasteiger partial charge in [-0.2, -0.15) is 5.26 Å². The van der Waals surface area contributed by atoms with Crippen molar-refractivity contribution in [1.29, 1.82) is 5.26 Å². The topological polar surface area (TPSA) is 129 Å². The van der Waals surface area contributed by atoms with Gasteiger partial charge < -0.3 is 5.32 Å². The van der Waals surface area contributed by atoms with Crippen molar-refractivity contribution in [3.63, 3.8) is 0 Å². The molecule has 186 valence electrons. The fraction of sp³-hybridized carbons (Fsp3) is 0.440. The average molecular weight is 515 g/mol. The standard InChI is InChI=1S/C25H30N4O4S2/c1-15(23(31)27-20-7-9-21(10-8-20)35(32,33)29-16(2)30)34-24-18(14-26)12-17-13-19(25(3,4)5)6-11-22(17)28-24/h7-10,12,15,19H,6,11,13H2,1-5H3,(H,27,31)(H,29,30). The first-order valence-corrected chi connectivity index (χ1v) is 13.7. The molecule has 0 spiro atoms. The van der Waals surface area contributed by atoms with Gasteiger partial charge in [0.1, 0.15) is 11.1 Å². The quantitative estimate of drug-likeness (QED) is 0.556. The number of fused-ring (bicyclic) bond motifs is 1. The zero-order valence-corrected chi connectivity index (χ0v) is 22.1. The van der Waals surface area contributed by atoms with Crippen molar-refractivity contribution >= 4 is 39.3 Å². The Bertz CT molecular complexity index is 1280. The van der Waals surface area contributed by atoms with Crippen LogP contribution in [0.1, 0.15) is 57.9 Å². The molecular formula is C25H30N4O4S2. The molecule has 1 aliphatic rings. The lowest BCUT2D eigenvalue weighted by Crippen LogP contribution is -2.28. The van der Waals surface area contributed by atoms with E-state index in [4.69, 9.17) is 4.98 Å². The summed E-state index contributed by atoms with van der Waals surface area (Å²) in [5.41, 5.74) is 3.18. The first-order valence-electron chi connectivity index (χ1n) is 11.3. The molecule has 1 aliphatic carbocycles. The predicted molar refractivity (Wildman–Crippen MR) is 135 cm³/mol. The number of carbonyl (C=O) groups is 2. The van der Waals surface area contributed by atoms with Crippen molar-refractivity contribution < 1.29 is 18.0 Å². The minimum atomic E-state index is -3.94. The van der Waals surface area contributed by atoms with Crippen molar-refractivity contribution in [2.75, 3.05) is 5.32 Å². The summed E-state index contributed by atoms with van der Waals surface area (Å²) in [6.45, 7) is 9.56. The maximum atomic E-state index is 12.8. The molecule has 8 nitrogen and oxygen atoms in total. The molecule has 2 atom stereocenters. The summed E-state index contributed by atoms with van der Waals surface area (Å²) in [6.07, 6.45) is 2.79. The van der Waals surface area contributed by atoms with E-state index in [1.807, 2.05) is 10.8 Å². The van der Waals surface area contributed by atoms with Gasteiger partial charge in [0, 0.05) is 18.3 Å². The van der Waals surface area contributed by atoms with Gasteiger partial charge in [0.15, 0.2) is 0 Å². The minimum absolute atomic E-state index is 0.0845. The van der Waals surface area contributed by atoms with Crippen LogP contribution in [0.5, 0.6) is 0 Å². The third-order valence-corrected chi connectivity index (χ3v) is 8.62. The van der Waals surface area contributed by atoms with Crippen LogP contribution in [0.2, 0.25) is 0 Å². The number of nitrogens with zero attached hydrogens (tertiary/aromatic N) is 2. The fourth-order valence-corrected chi connectivity index (χ4v) is 5.87. The minimum Gasteiger partial charge on any atom is -0.325 e. The average Bonchev–Trinajstić information content (AvgIpc) is 2.77. The molecule has 2 aromatic rings. The molecule has 2 unspecified atom stereocenters. The Morgan fingerprint density at radius 1 is 1.23 bits per heavy atom. The van der Waals surface area contributed by atoms with Crippen molar-refractivity contribution in [2.24, 2.45) is 11.3 Å². The molecule has 1 aromatic heterocycles. The molecule has 10 heteroatoms. The molecule has 1 heterocycles. The smallest absolute Gasteiger partial charge is 0.264 e. The van der Waals surface area contributed by atoms with Crippen molar-refractivity contribution in [2.45, 2.75) is 69.1 Å². The third kappa shape index (κ3) is 6.61. The molecule has 0 fully saturated rings. The van der Waals surface area contributed by atoms with Crippen LogP contribution in [0.15, 0.2) is 40.3 Å². The summed E-state index contributed by atoms with van der Waals surface area (Å²) < 4.78 is 26.0. The van der Waals surface area contributed by atoms with Gasteiger partial charge in [0.2, 0.25) is 11.8 Å². The monoisotopic (exact) mass is 514 g/mol. The van der Waals surface area contributed by atoms with Gasteiger partial charge in [0.25, 0.3) is 10.0 Å². The van der Waals surface area contributed by atoms with Gasteiger partial charge in [-0.3, -0.25) is 9.59 Å². The van der Waals surface area contributed by atoms with Crippen LogP contribution in [0.25, 0.3) is 0 Å². The summed E-state index contributed by atoms with van der Waals surface area (Å²) in [5.74, 6) is -0.454. The van der Waals surface area contributed by atoms with Crippen LogP contribution in [0, 0.1) is 22.7 Å². The number of hydrogen-bond acceptors (Lipinski definition) is 7. The molecular weight excluding hydrogens is 484 g/mol. The third-order valence-electron chi connectivity index (χ3n) is 6.07. The van der Waals surface area contributed by atoms with E-state index in [0.29, 0.717) is 22.2 Å². The number of carbonyl (C=O) groups excluding carboxylic acids is 2. The summed E-state index contributed by atoms with van der Waals surface area (Å²) in [7, 11) is -3.94. The second kappa shape index (κ2) is 10.4. The lowest BCUT2D eigenvalue weighted by atomic mass is 9.71. The van der Waals surface area contributed by atoms with Gasteiger partial charge in [-0.05, 0) is 73.4 Å². The maximum absolute atomic E-state index is 12.8. The number of aryl methyl sites for hydroxylation is 1. The molecule has 2 amide bonds. The highest BCUT2D eigenvalue weighted by Gasteiger charge is 2.30. The molecule has 0 bridgehead atoms. The highest BCUT2D eigenvalue weighted by molar-refractivity contribution is 8.00. The fourth-order valence-electron chi connectivity index (χ4n) is 3.99. The largest absolute Gasteiger partial charge is 0.325 e. The van der Waals surface area contributed by atoms with Crippen LogP contribution in [0.3, 0.4) is 0 Å². The number of nitriles is 1. The van der Waals surface area contributed by atoms with E-state index < -0.39 is 21.2 Å². The number of amides is 2. The first kappa shape index (κ1) is 26.7. The zero-order valence-electron chi connectivity index (χ0n) is 20.5. The van der Waals surface area contributed by atoms with Gasteiger partial charge in [0.05, 0.1) is 15.7 Å². The number of hydrogen-bond donors (Lipinski definition) is 2. The maximum Gasteiger partial charge on any atom is 0.264 e. The Labute approximate surface area is 211 Å². The molecule has 0 saturated heterocycles. The summed E-state index contributed by atoms with van der Waals surface area (Å²) in [5, 5.41) is 12.5. The van der Waals surface area contributed by atoms with E-state index in [0.717, 1.165) is 37.4 Å². The number of pyridine rings is 1. The van der Waals surface area contributed by atoms with Gasteiger partial charge in [-0.15, -0.1) is 0 Å². The van der Waals surface area contributed by atoms with E-state index >= 15 is 0 Å². The summed E-state index contributed by atoms with van der Waals surface area (Å²) in [6, 6.07) is 9.66. The number of aromatic nitrogens is 1. The van der Waals surface area contributed by atoms with Gasteiger partial charge in [-0.1, -0.05) is 32.5 Å². The number of thioether (sulfide) groups is 1. The Balaban J connectivity index is 1.70. The van der Waals surface area contributed by atoms with Gasteiger partial charge in [-0.25, -0.2) is 18.1 Å².